The molecule has 9 heteroatoms. The summed E-state index contributed by atoms with van der Waals surface area (Å²) in [5, 5.41) is 12.4. The number of methoxy groups -OCH3 is 1. The average molecular weight is 312 g/mol. The van der Waals surface area contributed by atoms with Crippen molar-refractivity contribution in [1.82, 2.24) is 14.8 Å². The van der Waals surface area contributed by atoms with Crippen molar-refractivity contribution in [3.63, 3.8) is 0 Å². The molecule has 1 heterocycles. The molecule has 0 saturated heterocycles. The summed E-state index contributed by atoms with van der Waals surface area (Å²) in [5.41, 5.74) is 0.516. The predicted molar refractivity (Wildman–Crippen MR) is 71.6 cm³/mol. The molecule has 1 aliphatic carbocycles. The molecule has 3 rings (SSSR count). The van der Waals surface area contributed by atoms with Crippen molar-refractivity contribution in [2.75, 3.05) is 7.11 Å². The Kier molecular flexibility index (Phi) is 3.18. The van der Waals surface area contributed by atoms with Gasteiger partial charge in [0.15, 0.2) is 17.4 Å². The smallest absolute Gasteiger partial charge is 0.273 e. The molecule has 1 aliphatic rings. The van der Waals surface area contributed by atoms with Gasteiger partial charge in [-0.2, -0.15) is 0 Å². The summed E-state index contributed by atoms with van der Waals surface area (Å²) in [4.78, 5) is 0. The highest BCUT2D eigenvalue weighted by molar-refractivity contribution is 7.89. The zero-order chi connectivity index (χ0) is 15.2. The normalized spacial score (nSPS) is 15.2. The number of rotatable bonds is 4. The minimum atomic E-state index is -3.97. The van der Waals surface area contributed by atoms with Gasteiger partial charge in [-0.3, -0.25) is 4.57 Å². The van der Waals surface area contributed by atoms with Crippen molar-refractivity contribution in [3.05, 3.63) is 24.0 Å². The second-order valence-corrected chi connectivity index (χ2v) is 6.26. The first-order chi connectivity index (χ1) is 9.91. The van der Waals surface area contributed by atoms with Crippen LogP contribution in [0.5, 0.6) is 5.75 Å². The van der Waals surface area contributed by atoms with Crippen molar-refractivity contribution in [1.29, 1.82) is 0 Å². The minimum Gasteiger partial charge on any atom is -0.494 e. The lowest BCUT2D eigenvalue weighted by molar-refractivity contribution is 0.386. The molecule has 0 atom stereocenters. The number of sulfonamides is 1. The average Bonchev–Trinajstić information content (AvgIpc) is 3.16. The van der Waals surface area contributed by atoms with E-state index in [1.807, 2.05) is 0 Å². The van der Waals surface area contributed by atoms with Gasteiger partial charge < -0.3 is 4.74 Å². The number of halogens is 1. The highest BCUT2D eigenvalue weighted by atomic mass is 32.2. The van der Waals surface area contributed by atoms with Crippen LogP contribution in [0.25, 0.3) is 11.4 Å². The molecular formula is C12H13FN4O3S. The van der Waals surface area contributed by atoms with E-state index in [1.54, 1.807) is 0 Å². The molecule has 21 heavy (non-hydrogen) atoms. The van der Waals surface area contributed by atoms with E-state index in [0.717, 1.165) is 12.8 Å². The van der Waals surface area contributed by atoms with Gasteiger partial charge in [-0.15, -0.1) is 10.2 Å². The Hall–Kier alpha value is -2.00. The first-order valence-corrected chi connectivity index (χ1v) is 7.78. The molecule has 0 amide bonds. The van der Waals surface area contributed by atoms with E-state index < -0.39 is 15.8 Å². The first-order valence-electron chi connectivity index (χ1n) is 6.23. The van der Waals surface area contributed by atoms with Crippen LogP contribution in [0.4, 0.5) is 4.39 Å². The molecule has 1 fully saturated rings. The Morgan fingerprint density at radius 1 is 1.38 bits per heavy atom. The van der Waals surface area contributed by atoms with Gasteiger partial charge in [0.05, 0.1) is 7.11 Å². The molecule has 112 valence electrons. The lowest BCUT2D eigenvalue weighted by Gasteiger charge is -2.09. The molecular weight excluding hydrogens is 299 g/mol. The van der Waals surface area contributed by atoms with E-state index in [4.69, 9.17) is 9.88 Å². The second kappa shape index (κ2) is 4.78. The van der Waals surface area contributed by atoms with Gasteiger partial charge in [-0.25, -0.2) is 17.9 Å². The van der Waals surface area contributed by atoms with Crippen molar-refractivity contribution in [2.45, 2.75) is 24.0 Å². The number of aromatic nitrogens is 3. The molecule has 2 N–H and O–H groups in total. The van der Waals surface area contributed by atoms with Crippen LogP contribution in [0.2, 0.25) is 0 Å². The molecule has 0 aliphatic heterocycles. The molecule has 2 aromatic rings. The van der Waals surface area contributed by atoms with Gasteiger partial charge in [0.2, 0.25) is 0 Å². The summed E-state index contributed by atoms with van der Waals surface area (Å²) >= 11 is 0. The summed E-state index contributed by atoms with van der Waals surface area (Å²) in [6, 6.07) is 4.18. The van der Waals surface area contributed by atoms with Crippen molar-refractivity contribution in [3.8, 4) is 17.1 Å². The third-order valence-electron chi connectivity index (χ3n) is 3.24. The van der Waals surface area contributed by atoms with Gasteiger partial charge in [-0.05, 0) is 31.0 Å². The highest BCUT2D eigenvalue weighted by Crippen LogP contribution is 2.40. The zero-order valence-electron chi connectivity index (χ0n) is 11.2. The largest absolute Gasteiger partial charge is 0.494 e. The predicted octanol–water partition coefficient (Wildman–Crippen LogP) is 1.08. The molecule has 1 aromatic carbocycles. The van der Waals surface area contributed by atoms with Crippen molar-refractivity contribution >= 4 is 10.0 Å². The maximum Gasteiger partial charge on any atom is 0.273 e. The number of nitrogens with zero attached hydrogens (tertiary/aromatic N) is 3. The van der Waals surface area contributed by atoms with E-state index in [0.29, 0.717) is 11.4 Å². The third kappa shape index (κ3) is 2.49. The summed E-state index contributed by atoms with van der Waals surface area (Å²) in [7, 11) is -2.61. The van der Waals surface area contributed by atoms with Gasteiger partial charge in [-0.1, -0.05) is 0 Å². The van der Waals surface area contributed by atoms with Crippen LogP contribution in [0.15, 0.2) is 23.4 Å². The minimum absolute atomic E-state index is 0.000581. The van der Waals surface area contributed by atoms with Gasteiger partial charge >= 0.3 is 0 Å². The molecule has 0 unspecified atom stereocenters. The summed E-state index contributed by atoms with van der Waals surface area (Å²) in [6.45, 7) is 0. The molecule has 0 bridgehead atoms. The number of ether oxygens (including phenoxy) is 1. The summed E-state index contributed by atoms with van der Waals surface area (Å²) < 4.78 is 43.0. The number of nitrogens with two attached hydrogens (primary N) is 1. The van der Waals surface area contributed by atoms with Gasteiger partial charge in [0.1, 0.15) is 0 Å². The number of primary sulfonamides is 1. The fraction of sp³-hybridized carbons (Fsp3) is 0.333. The van der Waals surface area contributed by atoms with E-state index in [9.17, 15) is 12.8 Å². The quantitative estimate of drug-likeness (QED) is 0.910. The summed E-state index contributed by atoms with van der Waals surface area (Å²) in [5.74, 6) is -0.125. The molecule has 1 aromatic heterocycles. The van der Waals surface area contributed by atoms with Gasteiger partial charge in [0.25, 0.3) is 15.2 Å². The Bertz CT molecular complexity index is 799. The monoisotopic (exact) mass is 312 g/mol. The first kappa shape index (κ1) is 14.0. The Balaban J connectivity index is 2.17. The van der Waals surface area contributed by atoms with Crippen LogP contribution < -0.4 is 9.88 Å². The van der Waals surface area contributed by atoms with Crippen molar-refractivity contribution < 1.29 is 17.5 Å². The van der Waals surface area contributed by atoms with E-state index in [2.05, 4.69) is 10.2 Å². The van der Waals surface area contributed by atoms with Crippen LogP contribution in [0.3, 0.4) is 0 Å². The molecule has 0 spiro atoms. The maximum absolute atomic E-state index is 13.5. The SMILES string of the molecule is COc1cc(-c2nnc(S(N)(=O)=O)n2C2CC2)ccc1F. The van der Waals surface area contributed by atoms with E-state index >= 15 is 0 Å². The lowest BCUT2D eigenvalue weighted by atomic mass is 10.2. The van der Waals surface area contributed by atoms with Crippen molar-refractivity contribution in [2.24, 2.45) is 5.14 Å². The fourth-order valence-electron chi connectivity index (χ4n) is 2.13. The highest BCUT2D eigenvalue weighted by Gasteiger charge is 2.33. The second-order valence-electron chi connectivity index (χ2n) is 4.80. The molecule has 7 nitrogen and oxygen atoms in total. The summed E-state index contributed by atoms with van der Waals surface area (Å²) in [6.07, 6.45) is 1.65. The zero-order valence-corrected chi connectivity index (χ0v) is 12.0. The van der Waals surface area contributed by atoms with E-state index in [1.165, 1.54) is 29.9 Å². The topological polar surface area (TPSA) is 100 Å². The van der Waals surface area contributed by atoms with Gasteiger partial charge in [0, 0.05) is 11.6 Å². The fourth-order valence-corrected chi connectivity index (χ4v) is 2.79. The molecule has 0 radical (unpaired) electrons. The third-order valence-corrected chi connectivity index (χ3v) is 4.03. The number of hydrogen-bond donors (Lipinski definition) is 1. The maximum atomic E-state index is 13.5. The number of hydrogen-bond acceptors (Lipinski definition) is 5. The molecule has 1 saturated carbocycles. The van der Waals surface area contributed by atoms with E-state index in [-0.39, 0.29) is 16.9 Å². The standard InChI is InChI=1S/C12H13FN4O3S/c1-20-10-6-7(2-5-9(10)13)11-15-16-12(21(14,18)19)17(11)8-3-4-8/h2,5-6,8H,3-4H2,1H3,(H2,14,18,19). The number of benzene rings is 1. The Morgan fingerprint density at radius 2 is 2.10 bits per heavy atom. The van der Waals surface area contributed by atoms with Crippen LogP contribution in [-0.2, 0) is 10.0 Å². The van der Waals surface area contributed by atoms with Crippen LogP contribution in [-0.4, -0.2) is 30.3 Å². The van der Waals surface area contributed by atoms with Crippen LogP contribution in [0, 0.1) is 5.82 Å². The van der Waals surface area contributed by atoms with Crippen LogP contribution in [0.1, 0.15) is 18.9 Å². The van der Waals surface area contributed by atoms with Crippen LogP contribution >= 0.6 is 0 Å². The Labute approximate surface area is 120 Å². The Morgan fingerprint density at radius 3 is 2.67 bits per heavy atom. The lowest BCUT2D eigenvalue weighted by Crippen LogP contribution is -2.18.